The lowest BCUT2D eigenvalue weighted by molar-refractivity contribution is 0.0958. The summed E-state index contributed by atoms with van der Waals surface area (Å²) in [4.78, 5) is 13.2. The number of rotatable bonds is 7. The molecule has 0 aliphatic heterocycles. The van der Waals surface area contributed by atoms with Gasteiger partial charge in [-0.15, -0.1) is 11.3 Å². The Labute approximate surface area is 168 Å². The fourth-order valence-electron chi connectivity index (χ4n) is 3.18. The number of nitrogens with one attached hydrogen (secondary N) is 1. The van der Waals surface area contributed by atoms with Crippen molar-refractivity contribution in [3.63, 3.8) is 0 Å². The van der Waals surface area contributed by atoms with Gasteiger partial charge in [0, 0.05) is 12.7 Å². The summed E-state index contributed by atoms with van der Waals surface area (Å²) >= 11 is 1.50. The molecule has 0 saturated carbocycles. The minimum atomic E-state index is -0.0290. The number of amides is 1. The van der Waals surface area contributed by atoms with Gasteiger partial charge in [0.1, 0.15) is 10.8 Å². The van der Waals surface area contributed by atoms with E-state index in [1.54, 1.807) is 0 Å². The zero-order valence-electron chi connectivity index (χ0n) is 15.7. The maximum absolute atomic E-state index is 12.5. The molecule has 142 valence electrons. The lowest BCUT2D eigenvalue weighted by Crippen LogP contribution is -2.24. The third kappa shape index (κ3) is 3.94. The zero-order chi connectivity index (χ0) is 19.3. The number of thiophene rings is 1. The first-order chi connectivity index (χ1) is 13.7. The number of carbonyl (C=O) groups excluding carboxylic acids is 1. The largest absolute Gasteiger partial charge is 0.494 e. The van der Waals surface area contributed by atoms with Gasteiger partial charge in [0.25, 0.3) is 5.91 Å². The lowest BCUT2D eigenvalue weighted by atomic mass is 10.1. The van der Waals surface area contributed by atoms with Crippen LogP contribution in [0, 0.1) is 0 Å². The Morgan fingerprint density at radius 2 is 1.86 bits per heavy atom. The maximum Gasteiger partial charge on any atom is 0.261 e. The van der Waals surface area contributed by atoms with Crippen molar-refractivity contribution in [2.45, 2.75) is 13.3 Å². The fourth-order valence-corrected chi connectivity index (χ4v) is 4.10. The Hall–Kier alpha value is -3.05. The second-order valence-electron chi connectivity index (χ2n) is 6.47. The highest BCUT2D eigenvalue weighted by molar-refractivity contribution is 7.16. The number of carbonyl (C=O) groups is 1. The van der Waals surface area contributed by atoms with Crippen LogP contribution >= 0.6 is 11.3 Å². The summed E-state index contributed by atoms with van der Waals surface area (Å²) in [5.41, 5.74) is 2.32. The van der Waals surface area contributed by atoms with E-state index in [0.717, 1.165) is 27.6 Å². The van der Waals surface area contributed by atoms with Crippen molar-refractivity contribution in [3.05, 3.63) is 83.4 Å². The number of para-hydroxylation sites is 1. The average Bonchev–Trinajstić information content (AvgIpc) is 3.36. The number of aromatic nitrogens is 1. The molecular weight excluding hydrogens is 368 g/mol. The van der Waals surface area contributed by atoms with Crippen molar-refractivity contribution in [1.29, 1.82) is 0 Å². The van der Waals surface area contributed by atoms with Gasteiger partial charge in [-0.1, -0.05) is 30.3 Å². The molecule has 0 unspecified atom stereocenters. The van der Waals surface area contributed by atoms with Crippen LogP contribution in [0.2, 0.25) is 0 Å². The molecular formula is C23H22N2O2S. The molecule has 0 aliphatic rings. The van der Waals surface area contributed by atoms with E-state index in [1.807, 2.05) is 61.7 Å². The molecule has 1 amide bonds. The Kier molecular flexibility index (Phi) is 5.44. The molecule has 4 rings (SSSR count). The first-order valence-electron chi connectivity index (χ1n) is 9.41. The Bertz CT molecular complexity index is 1080. The van der Waals surface area contributed by atoms with Gasteiger partial charge in [-0.2, -0.15) is 0 Å². The van der Waals surface area contributed by atoms with Crippen LogP contribution in [0.15, 0.2) is 72.9 Å². The summed E-state index contributed by atoms with van der Waals surface area (Å²) in [5.74, 6) is 0.845. The van der Waals surface area contributed by atoms with Crippen LogP contribution in [-0.4, -0.2) is 23.6 Å². The molecule has 5 heteroatoms. The van der Waals surface area contributed by atoms with Crippen molar-refractivity contribution in [2.24, 2.45) is 0 Å². The number of hydrogen-bond donors (Lipinski definition) is 1. The van der Waals surface area contributed by atoms with E-state index in [4.69, 9.17) is 4.74 Å². The van der Waals surface area contributed by atoms with Crippen LogP contribution in [0.25, 0.3) is 15.9 Å². The highest BCUT2D eigenvalue weighted by atomic mass is 32.1. The molecule has 2 heterocycles. The topological polar surface area (TPSA) is 43.3 Å². The molecule has 0 radical (unpaired) electrons. The first-order valence-corrected chi connectivity index (χ1v) is 10.2. The van der Waals surface area contributed by atoms with Crippen LogP contribution in [-0.2, 0) is 6.42 Å². The van der Waals surface area contributed by atoms with Crippen LogP contribution in [0.5, 0.6) is 5.75 Å². The normalized spacial score (nSPS) is 10.9. The minimum absolute atomic E-state index is 0.0290. The predicted molar refractivity (Wildman–Crippen MR) is 115 cm³/mol. The Morgan fingerprint density at radius 3 is 2.68 bits per heavy atom. The van der Waals surface area contributed by atoms with Crippen LogP contribution in [0.1, 0.15) is 22.2 Å². The van der Waals surface area contributed by atoms with Crippen LogP contribution in [0.4, 0.5) is 0 Å². The molecule has 4 nitrogen and oxygen atoms in total. The van der Waals surface area contributed by atoms with Crippen molar-refractivity contribution < 1.29 is 9.53 Å². The van der Waals surface area contributed by atoms with Gasteiger partial charge in [0.15, 0.2) is 0 Å². The monoisotopic (exact) mass is 390 g/mol. The maximum atomic E-state index is 12.5. The molecule has 0 saturated heterocycles. The second-order valence-corrected chi connectivity index (χ2v) is 7.53. The number of fused-ring (bicyclic) bond motifs is 1. The summed E-state index contributed by atoms with van der Waals surface area (Å²) in [6, 6.07) is 22.2. The average molecular weight is 391 g/mol. The SMILES string of the molecule is CCOc1ccc(CCNC(=O)c2ccc(-n3ccc4ccccc43)s2)cc1. The molecule has 0 bridgehead atoms. The van der Waals surface area contributed by atoms with Gasteiger partial charge in [-0.3, -0.25) is 4.79 Å². The number of benzene rings is 2. The van der Waals surface area contributed by atoms with Gasteiger partial charge < -0.3 is 14.6 Å². The molecule has 2 aromatic carbocycles. The summed E-state index contributed by atoms with van der Waals surface area (Å²) in [7, 11) is 0. The van der Waals surface area contributed by atoms with E-state index in [2.05, 4.69) is 28.1 Å². The smallest absolute Gasteiger partial charge is 0.261 e. The lowest BCUT2D eigenvalue weighted by Gasteiger charge is -2.06. The predicted octanol–water partition coefficient (Wildman–Crippen LogP) is 5.06. The van der Waals surface area contributed by atoms with Gasteiger partial charge in [0.2, 0.25) is 0 Å². The summed E-state index contributed by atoms with van der Waals surface area (Å²) in [6.07, 6.45) is 2.84. The molecule has 4 aromatic rings. The highest BCUT2D eigenvalue weighted by Crippen LogP contribution is 2.26. The molecule has 0 spiro atoms. The summed E-state index contributed by atoms with van der Waals surface area (Å²) < 4.78 is 7.57. The first kappa shape index (κ1) is 18.3. The Morgan fingerprint density at radius 1 is 1.04 bits per heavy atom. The van der Waals surface area contributed by atoms with E-state index in [1.165, 1.54) is 22.3 Å². The third-order valence-electron chi connectivity index (χ3n) is 4.59. The van der Waals surface area contributed by atoms with Crippen molar-refractivity contribution in [2.75, 3.05) is 13.2 Å². The van der Waals surface area contributed by atoms with E-state index in [9.17, 15) is 4.79 Å². The number of ether oxygens (including phenoxy) is 1. The minimum Gasteiger partial charge on any atom is -0.494 e. The fraction of sp³-hybridized carbons (Fsp3) is 0.174. The Balaban J connectivity index is 1.37. The number of nitrogens with zero attached hydrogens (tertiary/aromatic N) is 1. The molecule has 28 heavy (non-hydrogen) atoms. The molecule has 0 fully saturated rings. The van der Waals surface area contributed by atoms with Crippen molar-refractivity contribution in [1.82, 2.24) is 9.88 Å². The van der Waals surface area contributed by atoms with E-state index < -0.39 is 0 Å². The summed E-state index contributed by atoms with van der Waals surface area (Å²) in [6.45, 7) is 3.24. The summed E-state index contributed by atoms with van der Waals surface area (Å²) in [5, 5.41) is 5.25. The third-order valence-corrected chi connectivity index (χ3v) is 5.67. The van der Waals surface area contributed by atoms with Crippen molar-refractivity contribution >= 4 is 28.1 Å². The van der Waals surface area contributed by atoms with Crippen molar-refractivity contribution in [3.8, 4) is 10.8 Å². The molecule has 0 atom stereocenters. The van der Waals surface area contributed by atoms with Crippen LogP contribution < -0.4 is 10.1 Å². The molecule has 2 aromatic heterocycles. The number of hydrogen-bond acceptors (Lipinski definition) is 3. The zero-order valence-corrected chi connectivity index (χ0v) is 16.5. The van der Waals surface area contributed by atoms with E-state index in [0.29, 0.717) is 13.2 Å². The standard InChI is InChI=1S/C23H22N2O2S/c1-2-27-19-9-7-17(8-10-19)13-15-24-23(26)21-11-12-22(28-21)25-16-14-18-5-3-4-6-20(18)25/h3-12,14,16H,2,13,15H2,1H3,(H,24,26). The van der Waals surface area contributed by atoms with Gasteiger partial charge in [-0.05, 0) is 60.7 Å². The van der Waals surface area contributed by atoms with E-state index >= 15 is 0 Å². The second kappa shape index (κ2) is 8.31. The van der Waals surface area contributed by atoms with Gasteiger partial charge in [0.05, 0.1) is 17.0 Å². The molecule has 0 aliphatic carbocycles. The van der Waals surface area contributed by atoms with Gasteiger partial charge in [-0.25, -0.2) is 0 Å². The molecule has 1 N–H and O–H groups in total. The van der Waals surface area contributed by atoms with Crippen LogP contribution in [0.3, 0.4) is 0 Å². The van der Waals surface area contributed by atoms with E-state index in [-0.39, 0.29) is 5.91 Å². The highest BCUT2D eigenvalue weighted by Gasteiger charge is 2.11. The quantitative estimate of drug-likeness (QED) is 0.479. The van der Waals surface area contributed by atoms with Gasteiger partial charge >= 0.3 is 0 Å².